The van der Waals surface area contributed by atoms with Gasteiger partial charge in [0, 0.05) is 30.3 Å². The Morgan fingerprint density at radius 3 is 2.95 bits per heavy atom. The molecule has 6 heteroatoms. The number of carbonyl (C=O) groups excluding carboxylic acids is 1. The molecule has 6 nitrogen and oxygen atoms in total. The van der Waals surface area contributed by atoms with Gasteiger partial charge in [-0.05, 0) is 32.6 Å². The first-order valence-corrected chi connectivity index (χ1v) is 6.91. The first-order chi connectivity index (χ1) is 9.13. The van der Waals surface area contributed by atoms with E-state index >= 15 is 0 Å². The molecule has 0 radical (unpaired) electrons. The molecule has 0 aromatic carbocycles. The van der Waals surface area contributed by atoms with E-state index in [1.165, 1.54) is 0 Å². The number of carbonyl (C=O) groups is 1. The lowest BCUT2D eigenvalue weighted by Gasteiger charge is -2.38. The molecule has 1 saturated carbocycles. The summed E-state index contributed by atoms with van der Waals surface area (Å²) in [5, 5.41) is 6.89. The second kappa shape index (κ2) is 4.75. The highest BCUT2D eigenvalue weighted by Crippen LogP contribution is 2.36. The van der Waals surface area contributed by atoms with E-state index in [9.17, 15) is 4.79 Å². The van der Waals surface area contributed by atoms with Gasteiger partial charge in [0.1, 0.15) is 11.9 Å². The summed E-state index contributed by atoms with van der Waals surface area (Å²) in [5.41, 5.74) is 6.66. The van der Waals surface area contributed by atoms with Crippen LogP contribution in [-0.4, -0.2) is 39.9 Å². The number of hydrogen-bond acceptors (Lipinski definition) is 4. The highest BCUT2D eigenvalue weighted by Gasteiger charge is 2.34. The highest BCUT2D eigenvalue weighted by molar-refractivity contribution is 5.69. The van der Waals surface area contributed by atoms with Gasteiger partial charge in [0.25, 0.3) is 0 Å². The lowest BCUT2D eigenvalue weighted by Crippen LogP contribution is -2.50. The van der Waals surface area contributed by atoms with Crippen LogP contribution >= 0.6 is 0 Å². The van der Waals surface area contributed by atoms with Crippen LogP contribution in [0.4, 0.5) is 10.6 Å². The van der Waals surface area contributed by atoms with Crippen molar-refractivity contribution in [2.24, 2.45) is 0 Å². The topological polar surface area (TPSA) is 84.2 Å². The molecule has 1 aliphatic carbocycles. The van der Waals surface area contributed by atoms with Crippen molar-refractivity contribution in [3.05, 3.63) is 11.8 Å². The molecule has 2 aliphatic rings. The van der Waals surface area contributed by atoms with Crippen molar-refractivity contribution in [1.29, 1.82) is 0 Å². The number of nitrogens with one attached hydrogen (secondary N) is 1. The van der Waals surface area contributed by atoms with E-state index < -0.39 is 0 Å². The summed E-state index contributed by atoms with van der Waals surface area (Å²) in [7, 11) is 0. The van der Waals surface area contributed by atoms with Gasteiger partial charge in [-0.3, -0.25) is 5.10 Å². The highest BCUT2D eigenvalue weighted by atomic mass is 16.6. The van der Waals surface area contributed by atoms with Crippen molar-refractivity contribution < 1.29 is 9.53 Å². The first kappa shape index (κ1) is 12.3. The molecule has 1 amide bonds. The molecule has 1 aromatic heterocycles. The average Bonchev–Trinajstić information content (AvgIpc) is 2.96. The molecule has 2 fully saturated rings. The van der Waals surface area contributed by atoms with Gasteiger partial charge in [0.2, 0.25) is 0 Å². The van der Waals surface area contributed by atoms with Crippen LogP contribution in [-0.2, 0) is 4.74 Å². The van der Waals surface area contributed by atoms with Crippen LogP contribution in [0.5, 0.6) is 0 Å². The average molecular weight is 264 g/mol. The fraction of sp³-hybridized carbons (Fsp3) is 0.692. The zero-order valence-electron chi connectivity index (χ0n) is 11.1. The number of nitrogens with zero attached hydrogens (tertiary/aromatic N) is 2. The minimum absolute atomic E-state index is 0.0230. The van der Waals surface area contributed by atoms with Crippen molar-refractivity contribution in [3.8, 4) is 0 Å². The number of aromatic nitrogens is 2. The van der Waals surface area contributed by atoms with E-state index in [1.807, 2.05) is 6.07 Å². The third kappa shape index (κ3) is 2.39. The lowest BCUT2D eigenvalue weighted by molar-refractivity contribution is 0.0281. The summed E-state index contributed by atoms with van der Waals surface area (Å²) in [5.74, 6) is 0.890. The number of amides is 1. The number of likely N-dealkylation sites (tertiary alicyclic amines) is 1. The number of ether oxygens (including phenoxy) is 1. The molecule has 1 aliphatic heterocycles. The van der Waals surface area contributed by atoms with Crippen molar-refractivity contribution in [1.82, 2.24) is 15.1 Å². The second-order valence-corrected chi connectivity index (χ2v) is 5.59. The molecule has 1 saturated heterocycles. The Hall–Kier alpha value is -1.72. The molecule has 0 spiro atoms. The minimum atomic E-state index is -0.159. The number of rotatable bonds is 2. The van der Waals surface area contributed by atoms with Gasteiger partial charge in [-0.2, -0.15) is 5.10 Å². The Morgan fingerprint density at radius 2 is 2.37 bits per heavy atom. The molecule has 0 unspecified atom stereocenters. The van der Waals surface area contributed by atoms with Crippen LogP contribution in [0.25, 0.3) is 0 Å². The molecule has 1 aromatic rings. The third-order valence-electron chi connectivity index (χ3n) is 4.26. The smallest absolute Gasteiger partial charge is 0.410 e. The van der Waals surface area contributed by atoms with Gasteiger partial charge < -0.3 is 15.4 Å². The quantitative estimate of drug-likeness (QED) is 0.854. The fourth-order valence-corrected chi connectivity index (χ4v) is 2.89. The van der Waals surface area contributed by atoms with Crippen molar-refractivity contribution in [2.75, 3.05) is 12.3 Å². The molecule has 19 heavy (non-hydrogen) atoms. The molecule has 2 heterocycles. The summed E-state index contributed by atoms with van der Waals surface area (Å²) in [6.07, 6.45) is 3.72. The predicted octanol–water partition coefficient (Wildman–Crippen LogP) is 1.86. The molecule has 104 valence electrons. The van der Waals surface area contributed by atoms with Gasteiger partial charge in [-0.25, -0.2) is 4.79 Å². The van der Waals surface area contributed by atoms with Gasteiger partial charge in [-0.15, -0.1) is 0 Å². The van der Waals surface area contributed by atoms with Crippen LogP contribution < -0.4 is 5.73 Å². The maximum Gasteiger partial charge on any atom is 0.410 e. The molecule has 3 atom stereocenters. The summed E-state index contributed by atoms with van der Waals surface area (Å²) in [4.78, 5) is 13.7. The van der Waals surface area contributed by atoms with Crippen LogP contribution in [0.3, 0.4) is 0 Å². The van der Waals surface area contributed by atoms with Crippen LogP contribution in [0.2, 0.25) is 0 Å². The predicted molar refractivity (Wildman–Crippen MR) is 70.6 cm³/mol. The van der Waals surface area contributed by atoms with Crippen molar-refractivity contribution in [3.63, 3.8) is 0 Å². The lowest BCUT2D eigenvalue weighted by atomic mass is 10.0. The van der Waals surface area contributed by atoms with Gasteiger partial charge in [0.05, 0.1) is 0 Å². The fourth-order valence-electron chi connectivity index (χ4n) is 2.89. The van der Waals surface area contributed by atoms with Crippen molar-refractivity contribution in [2.45, 2.75) is 50.7 Å². The van der Waals surface area contributed by atoms with E-state index in [1.54, 1.807) is 4.90 Å². The largest absolute Gasteiger partial charge is 0.446 e. The summed E-state index contributed by atoms with van der Waals surface area (Å²) in [6.45, 7) is 2.88. The number of anilines is 1. The van der Waals surface area contributed by atoms with Gasteiger partial charge in [0.15, 0.2) is 0 Å². The minimum Gasteiger partial charge on any atom is -0.446 e. The third-order valence-corrected chi connectivity index (χ3v) is 4.26. The van der Waals surface area contributed by atoms with E-state index in [2.05, 4.69) is 17.1 Å². The maximum absolute atomic E-state index is 11.9. The number of hydrogen-bond donors (Lipinski definition) is 2. The van der Waals surface area contributed by atoms with Crippen LogP contribution in [0, 0.1) is 0 Å². The standard InChI is InChI=1S/C13H20N4O2/c1-8-4-5-17(8)13(18)19-10-3-2-9(6-10)11-7-12(14)16-15-11/h7-10H,2-6H2,1H3,(H3,14,15,16)/t8-,9+,10-/m1/s1. The van der Waals surface area contributed by atoms with E-state index in [0.717, 1.165) is 37.9 Å². The molecule has 0 bridgehead atoms. The molecular weight excluding hydrogens is 244 g/mol. The monoisotopic (exact) mass is 264 g/mol. The van der Waals surface area contributed by atoms with Gasteiger partial charge >= 0.3 is 6.09 Å². The number of nitrogen functional groups attached to an aromatic ring is 1. The van der Waals surface area contributed by atoms with Crippen molar-refractivity contribution >= 4 is 11.9 Å². The zero-order chi connectivity index (χ0) is 13.4. The van der Waals surface area contributed by atoms with E-state index in [0.29, 0.717) is 17.8 Å². The normalized spacial score (nSPS) is 30.2. The maximum atomic E-state index is 11.9. The first-order valence-electron chi connectivity index (χ1n) is 6.91. The van der Waals surface area contributed by atoms with E-state index in [-0.39, 0.29) is 12.2 Å². The molecular formula is C13H20N4O2. The Morgan fingerprint density at radius 1 is 1.53 bits per heavy atom. The zero-order valence-corrected chi connectivity index (χ0v) is 11.1. The Bertz CT molecular complexity index is 473. The number of nitrogens with two attached hydrogens (primary N) is 1. The number of H-pyrrole nitrogens is 1. The Balaban J connectivity index is 1.53. The Kier molecular flexibility index (Phi) is 3.08. The molecule has 3 N–H and O–H groups in total. The van der Waals surface area contributed by atoms with E-state index in [4.69, 9.17) is 10.5 Å². The SMILES string of the molecule is C[C@@H]1CCN1C(=O)O[C@@H]1CC[C@H](c2cc(N)n[nH]2)C1. The van der Waals surface area contributed by atoms with Crippen LogP contribution in [0.15, 0.2) is 6.07 Å². The Labute approximate surface area is 112 Å². The summed E-state index contributed by atoms with van der Waals surface area (Å²) >= 11 is 0. The summed E-state index contributed by atoms with van der Waals surface area (Å²) in [6, 6.07) is 2.20. The molecule has 3 rings (SSSR count). The van der Waals surface area contributed by atoms with Gasteiger partial charge in [-0.1, -0.05) is 0 Å². The number of aromatic amines is 1. The van der Waals surface area contributed by atoms with Crippen LogP contribution in [0.1, 0.15) is 44.2 Å². The summed E-state index contributed by atoms with van der Waals surface area (Å²) < 4.78 is 5.57. The second-order valence-electron chi connectivity index (χ2n) is 5.59.